The summed E-state index contributed by atoms with van der Waals surface area (Å²) in [7, 11) is 1.54. The second-order valence-corrected chi connectivity index (χ2v) is 7.39. The smallest absolute Gasteiger partial charge is 0.261 e. The van der Waals surface area contributed by atoms with Crippen LogP contribution in [-0.2, 0) is 6.54 Å². The Morgan fingerprint density at radius 3 is 2.61 bits per heavy atom. The fraction of sp³-hybridized carbons (Fsp3) is 0.143. The predicted octanol–water partition coefficient (Wildman–Crippen LogP) is 4.83. The number of amides is 1. The SMILES string of the molecule is COc1c(C)cccc1C(=O)NC(=S)NCc1ccc(-c2ccc(Br)cc2)o1. The van der Waals surface area contributed by atoms with Crippen molar-refractivity contribution in [1.82, 2.24) is 10.6 Å². The van der Waals surface area contributed by atoms with Crippen molar-refractivity contribution in [2.45, 2.75) is 13.5 Å². The van der Waals surface area contributed by atoms with Crippen molar-refractivity contribution < 1.29 is 13.9 Å². The summed E-state index contributed by atoms with van der Waals surface area (Å²) in [5, 5.41) is 5.87. The van der Waals surface area contributed by atoms with Gasteiger partial charge in [-0.1, -0.05) is 40.2 Å². The first-order chi connectivity index (χ1) is 13.5. The molecular weight excluding hydrogens is 440 g/mol. The van der Waals surface area contributed by atoms with E-state index in [1.165, 1.54) is 7.11 Å². The normalized spacial score (nSPS) is 10.4. The van der Waals surface area contributed by atoms with Crippen LogP contribution in [0.5, 0.6) is 5.75 Å². The van der Waals surface area contributed by atoms with Gasteiger partial charge in [-0.2, -0.15) is 0 Å². The lowest BCUT2D eigenvalue weighted by Crippen LogP contribution is -2.38. The Morgan fingerprint density at radius 1 is 1.14 bits per heavy atom. The minimum absolute atomic E-state index is 0.218. The van der Waals surface area contributed by atoms with Crippen LogP contribution in [0.1, 0.15) is 21.7 Å². The Labute approximate surface area is 177 Å². The summed E-state index contributed by atoms with van der Waals surface area (Å²) in [6.45, 7) is 2.24. The molecule has 7 heteroatoms. The molecule has 0 aliphatic rings. The average molecular weight is 459 g/mol. The van der Waals surface area contributed by atoms with Gasteiger partial charge in [0.15, 0.2) is 5.11 Å². The van der Waals surface area contributed by atoms with E-state index >= 15 is 0 Å². The molecule has 1 amide bonds. The maximum absolute atomic E-state index is 12.5. The second kappa shape index (κ2) is 9.03. The van der Waals surface area contributed by atoms with Gasteiger partial charge in [0.05, 0.1) is 19.2 Å². The lowest BCUT2D eigenvalue weighted by molar-refractivity contribution is 0.0973. The Kier molecular flexibility index (Phi) is 6.49. The molecule has 2 N–H and O–H groups in total. The molecule has 3 aromatic rings. The second-order valence-electron chi connectivity index (χ2n) is 6.07. The molecule has 0 aliphatic carbocycles. The first kappa shape index (κ1) is 20.1. The zero-order valence-electron chi connectivity index (χ0n) is 15.4. The number of carbonyl (C=O) groups is 1. The molecule has 3 rings (SSSR count). The van der Waals surface area contributed by atoms with Crippen LogP contribution in [0.2, 0.25) is 0 Å². The van der Waals surface area contributed by atoms with Gasteiger partial charge in [0.2, 0.25) is 0 Å². The number of nitrogens with one attached hydrogen (secondary N) is 2. The third-order valence-electron chi connectivity index (χ3n) is 4.10. The molecule has 0 aliphatic heterocycles. The van der Waals surface area contributed by atoms with E-state index < -0.39 is 0 Å². The number of thiocarbonyl (C=S) groups is 1. The number of methoxy groups -OCH3 is 1. The van der Waals surface area contributed by atoms with Crippen molar-refractivity contribution in [3.05, 3.63) is 76.0 Å². The van der Waals surface area contributed by atoms with Gasteiger partial charge < -0.3 is 14.5 Å². The van der Waals surface area contributed by atoms with Crippen molar-refractivity contribution in [3.63, 3.8) is 0 Å². The third-order valence-corrected chi connectivity index (χ3v) is 4.88. The van der Waals surface area contributed by atoms with Gasteiger partial charge >= 0.3 is 0 Å². The van der Waals surface area contributed by atoms with Gasteiger partial charge in [0, 0.05) is 10.0 Å². The van der Waals surface area contributed by atoms with E-state index in [1.807, 2.05) is 49.4 Å². The number of furan rings is 1. The number of halogens is 1. The highest BCUT2D eigenvalue weighted by Gasteiger charge is 2.15. The Bertz CT molecular complexity index is 999. The molecule has 2 aromatic carbocycles. The molecule has 0 radical (unpaired) electrons. The van der Waals surface area contributed by atoms with Crippen LogP contribution in [0.3, 0.4) is 0 Å². The van der Waals surface area contributed by atoms with Crippen LogP contribution in [0, 0.1) is 6.92 Å². The Morgan fingerprint density at radius 2 is 1.89 bits per heavy atom. The molecule has 1 aromatic heterocycles. The minimum Gasteiger partial charge on any atom is -0.496 e. The van der Waals surface area contributed by atoms with Crippen LogP contribution in [0.25, 0.3) is 11.3 Å². The molecule has 5 nitrogen and oxygen atoms in total. The van der Waals surface area contributed by atoms with Gasteiger partial charge in [-0.15, -0.1) is 0 Å². The fourth-order valence-electron chi connectivity index (χ4n) is 2.73. The number of hydrogen-bond donors (Lipinski definition) is 2. The number of rotatable bonds is 5. The maximum atomic E-state index is 12.5. The van der Waals surface area contributed by atoms with E-state index in [0.29, 0.717) is 23.6 Å². The zero-order valence-corrected chi connectivity index (χ0v) is 17.8. The van der Waals surface area contributed by atoms with E-state index in [4.69, 9.17) is 21.4 Å². The standard InChI is InChI=1S/C21H19BrN2O3S/c1-13-4-3-5-17(19(13)26-2)20(25)24-21(28)23-12-16-10-11-18(27-16)14-6-8-15(22)9-7-14/h3-11H,12H2,1-2H3,(H2,23,24,25,28). The van der Waals surface area contributed by atoms with Gasteiger partial charge in [0.25, 0.3) is 5.91 Å². The summed E-state index contributed by atoms with van der Waals surface area (Å²) in [5.41, 5.74) is 2.30. The summed E-state index contributed by atoms with van der Waals surface area (Å²) < 4.78 is 12.2. The topological polar surface area (TPSA) is 63.5 Å². The minimum atomic E-state index is -0.326. The molecule has 144 valence electrons. The van der Waals surface area contributed by atoms with Gasteiger partial charge in [0.1, 0.15) is 17.3 Å². The average Bonchev–Trinajstić information content (AvgIpc) is 3.15. The van der Waals surface area contributed by atoms with E-state index in [-0.39, 0.29) is 11.0 Å². The van der Waals surface area contributed by atoms with E-state index in [9.17, 15) is 4.79 Å². The molecule has 1 heterocycles. The van der Waals surface area contributed by atoms with Gasteiger partial charge in [-0.05, 0) is 55.0 Å². The molecule has 0 spiro atoms. The van der Waals surface area contributed by atoms with E-state index in [0.717, 1.165) is 21.4 Å². The molecule has 0 saturated carbocycles. The van der Waals surface area contributed by atoms with Crippen molar-refractivity contribution in [2.75, 3.05) is 7.11 Å². The largest absolute Gasteiger partial charge is 0.496 e. The Balaban J connectivity index is 1.58. The summed E-state index contributed by atoms with van der Waals surface area (Å²) in [5.74, 6) is 1.69. The van der Waals surface area contributed by atoms with Crippen molar-refractivity contribution in [1.29, 1.82) is 0 Å². The quantitative estimate of drug-likeness (QED) is 0.536. The molecular formula is C21H19BrN2O3S. The molecule has 28 heavy (non-hydrogen) atoms. The number of aryl methyl sites for hydroxylation is 1. The van der Waals surface area contributed by atoms with Crippen LogP contribution in [0.4, 0.5) is 0 Å². The van der Waals surface area contributed by atoms with Crippen molar-refractivity contribution in [2.24, 2.45) is 0 Å². The van der Waals surface area contributed by atoms with Gasteiger partial charge in [-0.25, -0.2) is 0 Å². The van der Waals surface area contributed by atoms with E-state index in [2.05, 4.69) is 26.6 Å². The first-order valence-electron chi connectivity index (χ1n) is 8.55. The maximum Gasteiger partial charge on any atom is 0.261 e. The van der Waals surface area contributed by atoms with E-state index in [1.54, 1.807) is 12.1 Å². The lowest BCUT2D eigenvalue weighted by atomic mass is 10.1. The van der Waals surface area contributed by atoms with Gasteiger partial charge in [-0.3, -0.25) is 10.1 Å². The zero-order chi connectivity index (χ0) is 20.1. The van der Waals surface area contributed by atoms with Crippen LogP contribution >= 0.6 is 28.1 Å². The van der Waals surface area contributed by atoms with Crippen LogP contribution in [-0.4, -0.2) is 18.1 Å². The number of carbonyl (C=O) groups excluding carboxylic acids is 1. The third kappa shape index (κ3) is 4.79. The Hall–Kier alpha value is -2.64. The van der Waals surface area contributed by atoms with Crippen LogP contribution < -0.4 is 15.4 Å². The highest BCUT2D eigenvalue weighted by atomic mass is 79.9. The fourth-order valence-corrected chi connectivity index (χ4v) is 3.16. The predicted molar refractivity (Wildman–Crippen MR) is 116 cm³/mol. The highest BCUT2D eigenvalue weighted by Crippen LogP contribution is 2.24. The monoisotopic (exact) mass is 458 g/mol. The molecule has 0 atom stereocenters. The summed E-state index contributed by atoms with van der Waals surface area (Å²) in [6.07, 6.45) is 0. The number of benzene rings is 2. The molecule has 0 fully saturated rings. The van der Waals surface area contributed by atoms with Crippen molar-refractivity contribution in [3.8, 4) is 17.1 Å². The first-order valence-corrected chi connectivity index (χ1v) is 9.75. The number of hydrogen-bond acceptors (Lipinski definition) is 4. The summed E-state index contributed by atoms with van der Waals surface area (Å²) in [4.78, 5) is 12.5. The molecule has 0 unspecified atom stereocenters. The highest BCUT2D eigenvalue weighted by molar-refractivity contribution is 9.10. The number of ether oxygens (including phenoxy) is 1. The van der Waals surface area contributed by atoms with Crippen LogP contribution in [0.15, 0.2) is 63.5 Å². The lowest BCUT2D eigenvalue weighted by Gasteiger charge is -2.12. The summed E-state index contributed by atoms with van der Waals surface area (Å²) in [6, 6.07) is 17.0. The number of para-hydroxylation sites is 1. The molecule has 0 bridgehead atoms. The summed E-state index contributed by atoms with van der Waals surface area (Å²) >= 11 is 8.64. The van der Waals surface area contributed by atoms with Crippen molar-refractivity contribution >= 4 is 39.2 Å². The molecule has 0 saturated heterocycles.